The SMILES string of the molecule is CNc1nc(Nc2ccccc2C(C)C)c(F)cc1F. The number of rotatable bonds is 4. The van der Waals surface area contributed by atoms with Gasteiger partial charge in [-0.3, -0.25) is 0 Å². The molecule has 0 unspecified atom stereocenters. The van der Waals surface area contributed by atoms with Crippen molar-refractivity contribution < 1.29 is 8.78 Å². The molecule has 1 heterocycles. The van der Waals surface area contributed by atoms with Gasteiger partial charge in [-0.1, -0.05) is 32.0 Å². The fourth-order valence-corrected chi connectivity index (χ4v) is 1.97. The number of nitrogens with zero attached hydrogens (tertiary/aromatic N) is 1. The van der Waals surface area contributed by atoms with Gasteiger partial charge >= 0.3 is 0 Å². The summed E-state index contributed by atoms with van der Waals surface area (Å²) in [5.74, 6) is -1.14. The Bertz CT molecular complexity index is 612. The highest BCUT2D eigenvalue weighted by Crippen LogP contribution is 2.28. The minimum absolute atomic E-state index is 0.00356. The number of aromatic nitrogens is 1. The Labute approximate surface area is 117 Å². The molecule has 106 valence electrons. The van der Waals surface area contributed by atoms with Crippen molar-refractivity contribution in [2.75, 3.05) is 17.7 Å². The van der Waals surface area contributed by atoms with Crippen LogP contribution in [0.15, 0.2) is 30.3 Å². The molecule has 0 bridgehead atoms. The maximum atomic E-state index is 13.8. The first-order valence-electron chi connectivity index (χ1n) is 6.42. The van der Waals surface area contributed by atoms with Crippen molar-refractivity contribution in [2.45, 2.75) is 19.8 Å². The second kappa shape index (κ2) is 5.86. The van der Waals surface area contributed by atoms with Gasteiger partial charge in [-0.25, -0.2) is 13.8 Å². The molecule has 0 saturated carbocycles. The van der Waals surface area contributed by atoms with Gasteiger partial charge < -0.3 is 10.6 Å². The van der Waals surface area contributed by atoms with Gasteiger partial charge in [0, 0.05) is 18.8 Å². The number of anilines is 3. The van der Waals surface area contributed by atoms with Crippen molar-refractivity contribution in [3.05, 3.63) is 47.5 Å². The Kier molecular flexibility index (Phi) is 4.17. The van der Waals surface area contributed by atoms with Gasteiger partial charge in [-0.2, -0.15) is 0 Å². The van der Waals surface area contributed by atoms with Crippen molar-refractivity contribution in [3.63, 3.8) is 0 Å². The second-order valence-electron chi connectivity index (χ2n) is 4.77. The number of hydrogen-bond donors (Lipinski definition) is 2. The smallest absolute Gasteiger partial charge is 0.169 e. The summed E-state index contributed by atoms with van der Waals surface area (Å²) in [6, 6.07) is 8.41. The quantitative estimate of drug-likeness (QED) is 0.876. The second-order valence-corrected chi connectivity index (χ2v) is 4.77. The lowest BCUT2D eigenvalue weighted by atomic mass is 10.0. The number of hydrogen-bond acceptors (Lipinski definition) is 3. The first kappa shape index (κ1) is 14.2. The first-order chi connectivity index (χ1) is 9.52. The normalized spacial score (nSPS) is 10.7. The van der Waals surface area contributed by atoms with Crippen molar-refractivity contribution >= 4 is 17.3 Å². The van der Waals surface area contributed by atoms with E-state index < -0.39 is 11.6 Å². The van der Waals surface area contributed by atoms with E-state index >= 15 is 0 Å². The maximum absolute atomic E-state index is 13.8. The largest absolute Gasteiger partial charge is 0.371 e. The average molecular weight is 277 g/mol. The van der Waals surface area contributed by atoms with Gasteiger partial charge in [-0.05, 0) is 17.5 Å². The van der Waals surface area contributed by atoms with E-state index in [0.29, 0.717) is 0 Å². The summed E-state index contributed by atoms with van der Waals surface area (Å²) < 4.78 is 27.2. The molecule has 2 aromatic rings. The summed E-state index contributed by atoms with van der Waals surface area (Å²) in [6.45, 7) is 4.10. The molecular formula is C15H17F2N3. The molecular weight excluding hydrogens is 260 g/mol. The summed E-state index contributed by atoms with van der Waals surface area (Å²) in [5, 5.41) is 5.52. The van der Waals surface area contributed by atoms with E-state index in [4.69, 9.17) is 0 Å². The number of halogens is 2. The fourth-order valence-electron chi connectivity index (χ4n) is 1.97. The molecule has 0 amide bonds. The highest BCUT2D eigenvalue weighted by molar-refractivity contribution is 5.63. The zero-order valence-corrected chi connectivity index (χ0v) is 11.7. The van der Waals surface area contributed by atoms with Crippen molar-refractivity contribution in [3.8, 4) is 0 Å². The molecule has 0 spiro atoms. The number of nitrogens with one attached hydrogen (secondary N) is 2. The van der Waals surface area contributed by atoms with Crippen LogP contribution >= 0.6 is 0 Å². The van der Waals surface area contributed by atoms with E-state index in [-0.39, 0.29) is 17.6 Å². The first-order valence-corrected chi connectivity index (χ1v) is 6.42. The summed E-state index contributed by atoms with van der Waals surface area (Å²) in [5.41, 5.74) is 1.81. The van der Waals surface area contributed by atoms with Crippen LogP contribution in [0.4, 0.5) is 26.1 Å². The molecule has 0 aliphatic carbocycles. The molecule has 20 heavy (non-hydrogen) atoms. The lowest BCUT2D eigenvalue weighted by Gasteiger charge is -2.15. The molecule has 5 heteroatoms. The number of para-hydroxylation sites is 1. The average Bonchev–Trinajstić information content (AvgIpc) is 2.42. The van der Waals surface area contributed by atoms with Gasteiger partial charge in [-0.15, -0.1) is 0 Å². The Hall–Kier alpha value is -2.17. The molecule has 0 radical (unpaired) electrons. The van der Waals surface area contributed by atoms with E-state index in [2.05, 4.69) is 15.6 Å². The third-order valence-electron chi connectivity index (χ3n) is 3.00. The predicted octanol–water partition coefficient (Wildman–Crippen LogP) is 4.27. The van der Waals surface area contributed by atoms with E-state index in [0.717, 1.165) is 17.3 Å². The topological polar surface area (TPSA) is 37.0 Å². The molecule has 2 N–H and O–H groups in total. The Morgan fingerprint density at radius 1 is 1.05 bits per heavy atom. The molecule has 3 nitrogen and oxygen atoms in total. The minimum atomic E-state index is -0.722. The molecule has 0 fully saturated rings. The van der Waals surface area contributed by atoms with Gasteiger partial charge in [0.2, 0.25) is 0 Å². The van der Waals surface area contributed by atoms with Gasteiger partial charge in [0.05, 0.1) is 0 Å². The van der Waals surface area contributed by atoms with Crippen LogP contribution in [0, 0.1) is 11.6 Å². The van der Waals surface area contributed by atoms with Gasteiger partial charge in [0.1, 0.15) is 0 Å². The van der Waals surface area contributed by atoms with Crippen LogP contribution in [-0.2, 0) is 0 Å². The van der Waals surface area contributed by atoms with E-state index in [9.17, 15) is 8.78 Å². The lowest BCUT2D eigenvalue weighted by Crippen LogP contribution is -2.05. The molecule has 1 aromatic heterocycles. The summed E-state index contributed by atoms with van der Waals surface area (Å²) >= 11 is 0. The van der Waals surface area contributed by atoms with Crippen LogP contribution in [0.3, 0.4) is 0 Å². The van der Waals surface area contributed by atoms with Crippen LogP contribution in [-0.4, -0.2) is 12.0 Å². The molecule has 0 aliphatic heterocycles. The highest BCUT2D eigenvalue weighted by atomic mass is 19.1. The zero-order chi connectivity index (χ0) is 14.7. The maximum Gasteiger partial charge on any atom is 0.169 e. The van der Waals surface area contributed by atoms with Crippen LogP contribution in [0.5, 0.6) is 0 Å². The monoisotopic (exact) mass is 277 g/mol. The molecule has 1 aromatic carbocycles. The minimum Gasteiger partial charge on any atom is -0.371 e. The van der Waals surface area contributed by atoms with Crippen molar-refractivity contribution in [2.24, 2.45) is 0 Å². The number of benzene rings is 1. The summed E-state index contributed by atoms with van der Waals surface area (Å²) in [4.78, 5) is 3.91. The Morgan fingerprint density at radius 2 is 1.70 bits per heavy atom. The third kappa shape index (κ3) is 2.87. The zero-order valence-electron chi connectivity index (χ0n) is 11.7. The molecule has 2 rings (SSSR count). The standard InChI is InChI=1S/C15H17F2N3/c1-9(2)10-6-4-5-7-13(10)19-15-12(17)8-11(16)14(18-3)20-15/h4-9H,1-3H3,(H2,18,19,20). The Balaban J connectivity index is 2.40. The van der Waals surface area contributed by atoms with Crippen molar-refractivity contribution in [1.29, 1.82) is 0 Å². The van der Waals surface area contributed by atoms with Crippen LogP contribution in [0.2, 0.25) is 0 Å². The van der Waals surface area contributed by atoms with E-state index in [1.165, 1.54) is 7.05 Å². The molecule has 0 atom stereocenters. The van der Waals surface area contributed by atoms with Crippen LogP contribution in [0.1, 0.15) is 25.3 Å². The molecule has 0 saturated heterocycles. The van der Waals surface area contributed by atoms with Crippen LogP contribution in [0.25, 0.3) is 0 Å². The Morgan fingerprint density at radius 3 is 2.35 bits per heavy atom. The lowest BCUT2D eigenvalue weighted by molar-refractivity contribution is 0.580. The summed E-state index contributed by atoms with van der Waals surface area (Å²) in [6.07, 6.45) is 0. The summed E-state index contributed by atoms with van der Waals surface area (Å²) in [7, 11) is 1.54. The van der Waals surface area contributed by atoms with E-state index in [1.807, 2.05) is 38.1 Å². The fraction of sp³-hybridized carbons (Fsp3) is 0.267. The van der Waals surface area contributed by atoms with Gasteiger partial charge in [0.15, 0.2) is 23.3 Å². The van der Waals surface area contributed by atoms with Gasteiger partial charge in [0.25, 0.3) is 0 Å². The van der Waals surface area contributed by atoms with Crippen LogP contribution < -0.4 is 10.6 Å². The highest BCUT2D eigenvalue weighted by Gasteiger charge is 2.13. The van der Waals surface area contributed by atoms with Crippen molar-refractivity contribution in [1.82, 2.24) is 4.98 Å². The van der Waals surface area contributed by atoms with E-state index in [1.54, 1.807) is 0 Å². The predicted molar refractivity (Wildman–Crippen MR) is 77.5 cm³/mol. The molecule has 0 aliphatic rings. The number of pyridine rings is 1. The third-order valence-corrected chi connectivity index (χ3v) is 3.00.